The number of rotatable bonds is 5. The molecule has 15 heteroatoms. The second kappa shape index (κ2) is 13.3. The molecule has 11 atom stereocenters. The number of ether oxygens (including phenoxy) is 1. The van der Waals surface area contributed by atoms with Crippen molar-refractivity contribution >= 4 is 23.5 Å². The summed E-state index contributed by atoms with van der Waals surface area (Å²) < 4.78 is 88.7. The van der Waals surface area contributed by atoms with Crippen molar-refractivity contribution in [3.63, 3.8) is 0 Å². The predicted molar refractivity (Wildman–Crippen MR) is 136 cm³/mol. The van der Waals surface area contributed by atoms with E-state index in [1.165, 1.54) is 12.1 Å². The molecule has 0 aromatic carbocycles. The van der Waals surface area contributed by atoms with Crippen molar-refractivity contribution in [2.45, 2.75) is 131 Å². The van der Waals surface area contributed by atoms with Gasteiger partial charge in [-0.3, -0.25) is 10.1 Å². The third-order valence-electron chi connectivity index (χ3n) is 8.32. The molecule has 0 aromatic rings. The van der Waals surface area contributed by atoms with Crippen LogP contribution in [-0.4, -0.2) is 95.7 Å². The van der Waals surface area contributed by atoms with Crippen molar-refractivity contribution in [1.82, 2.24) is 21.1 Å². The summed E-state index contributed by atoms with van der Waals surface area (Å²) >= 11 is 6.19. The van der Waals surface area contributed by atoms with Gasteiger partial charge in [0.2, 0.25) is 5.91 Å². The lowest BCUT2D eigenvalue weighted by atomic mass is 9.86. The van der Waals surface area contributed by atoms with E-state index in [0.29, 0.717) is 19.3 Å². The number of hydrazine groups is 1. The molecule has 0 bridgehead atoms. The summed E-state index contributed by atoms with van der Waals surface area (Å²) in [5.74, 6) is -1.68. The van der Waals surface area contributed by atoms with Crippen LogP contribution in [0, 0.1) is 5.92 Å². The van der Waals surface area contributed by atoms with Gasteiger partial charge in [0.05, 0.1) is 12.2 Å². The lowest BCUT2D eigenvalue weighted by Crippen LogP contribution is -2.54. The Balaban J connectivity index is 1.59. The minimum atomic E-state index is -4.59. The van der Waals surface area contributed by atoms with Gasteiger partial charge >= 0.3 is 6.18 Å². The molecule has 4 fully saturated rings. The molecule has 8 nitrogen and oxygen atoms in total. The zero-order valence-corrected chi connectivity index (χ0v) is 23.0. The number of aliphatic hydroxyl groups is 1. The second-order valence-electron chi connectivity index (χ2n) is 11.5. The van der Waals surface area contributed by atoms with E-state index in [-0.39, 0.29) is 50.6 Å². The zero-order chi connectivity index (χ0) is 29.2. The molecular weight excluding hydrogens is 568 g/mol. The van der Waals surface area contributed by atoms with Gasteiger partial charge in [-0.05, 0) is 57.8 Å². The normalized spacial score (nSPS) is 42.0. The number of nitrogens with one attached hydrogen (secondary N) is 3. The van der Waals surface area contributed by atoms with Crippen molar-refractivity contribution < 1.29 is 41.0 Å². The van der Waals surface area contributed by atoms with Crippen LogP contribution in [0.25, 0.3) is 0 Å². The molecule has 0 spiro atoms. The fourth-order valence-corrected chi connectivity index (χ4v) is 6.64. The number of hydrogen-bond acceptors (Lipinski definition) is 6. The Morgan fingerprint density at radius 3 is 2.42 bits per heavy atom. The first-order valence-electron chi connectivity index (χ1n) is 13.9. The molecule has 1 aliphatic heterocycles. The van der Waals surface area contributed by atoms with Gasteiger partial charge in [-0.25, -0.2) is 28.6 Å². The van der Waals surface area contributed by atoms with Crippen LogP contribution >= 0.6 is 11.6 Å². The number of hydrogen-bond donors (Lipinski definition) is 4. The average molecular weight is 606 g/mol. The number of methoxy groups -OCH3 is 1. The van der Waals surface area contributed by atoms with Gasteiger partial charge in [-0.1, -0.05) is 0 Å². The van der Waals surface area contributed by atoms with Crippen LogP contribution in [0.5, 0.6) is 0 Å². The van der Waals surface area contributed by atoms with E-state index in [4.69, 9.17) is 16.3 Å². The Bertz CT molecular complexity index is 893. The number of carbonyl (C=O) groups is 1. The van der Waals surface area contributed by atoms with E-state index in [0.717, 1.165) is 0 Å². The van der Waals surface area contributed by atoms with E-state index in [1.54, 1.807) is 0 Å². The summed E-state index contributed by atoms with van der Waals surface area (Å²) in [5.41, 5.74) is 2.49. The van der Waals surface area contributed by atoms with Gasteiger partial charge in [-0.2, -0.15) is 13.2 Å². The summed E-state index contributed by atoms with van der Waals surface area (Å²) in [6.45, 7) is 0. The standard InChI is InChI=1S/C25H38ClF6N5O3/c1-40-18-9-16(8-17(38)10-18)37-22(11-21(36-37)25(30,31)32)34-24(33-15-6-13(26)5-14(27)7-15)35-23(39)12-2-3-19(28)20(29)4-12/h12-22,36,38H,2-11H2,1H3,(H2,33,34,35,39). The zero-order valence-electron chi connectivity index (χ0n) is 22.2. The van der Waals surface area contributed by atoms with Crippen molar-refractivity contribution in [2.75, 3.05) is 7.11 Å². The molecular formula is C25H38ClF6N5O3. The number of guanidine groups is 1. The molecule has 1 amide bonds. The molecule has 3 saturated carbocycles. The van der Waals surface area contributed by atoms with Crippen molar-refractivity contribution in [3.05, 3.63) is 0 Å². The van der Waals surface area contributed by atoms with Crippen molar-refractivity contribution in [3.8, 4) is 0 Å². The molecule has 1 saturated heterocycles. The number of halogens is 7. The lowest BCUT2D eigenvalue weighted by Gasteiger charge is -2.39. The Morgan fingerprint density at radius 1 is 1.02 bits per heavy atom. The molecule has 11 unspecified atom stereocenters. The third-order valence-corrected chi connectivity index (χ3v) is 8.68. The van der Waals surface area contributed by atoms with E-state index in [2.05, 4.69) is 21.1 Å². The molecule has 230 valence electrons. The molecule has 4 rings (SSSR count). The van der Waals surface area contributed by atoms with Crippen LogP contribution in [-0.2, 0) is 9.53 Å². The highest BCUT2D eigenvalue weighted by molar-refractivity contribution is 6.20. The first-order valence-corrected chi connectivity index (χ1v) is 14.3. The molecule has 0 aromatic heterocycles. The lowest BCUT2D eigenvalue weighted by molar-refractivity contribution is -0.159. The SMILES string of the molecule is COC1CC(O)CC(N2NC(C(F)(F)F)CC2/N=C(/NC(=O)C2CCC(F)C(F)C2)NC2CC(F)CC(Cl)C2)C1. The predicted octanol–water partition coefficient (Wildman–Crippen LogP) is 3.42. The number of aliphatic imine (C=N–C) groups is 1. The summed E-state index contributed by atoms with van der Waals surface area (Å²) in [4.78, 5) is 17.5. The summed E-state index contributed by atoms with van der Waals surface area (Å²) in [6, 6.07) is -3.05. The van der Waals surface area contributed by atoms with Gasteiger partial charge in [-0.15, -0.1) is 11.6 Å². The Morgan fingerprint density at radius 2 is 1.77 bits per heavy atom. The van der Waals surface area contributed by atoms with Crippen molar-refractivity contribution in [1.29, 1.82) is 0 Å². The van der Waals surface area contributed by atoms with Crippen LogP contribution in [0.2, 0.25) is 0 Å². The molecule has 0 radical (unpaired) electrons. The average Bonchev–Trinajstić information content (AvgIpc) is 3.29. The van der Waals surface area contributed by atoms with Crippen molar-refractivity contribution in [2.24, 2.45) is 10.9 Å². The fourth-order valence-electron chi connectivity index (χ4n) is 6.23. The first kappa shape index (κ1) is 31.6. The fraction of sp³-hybridized carbons (Fsp3) is 0.920. The van der Waals surface area contributed by atoms with E-state index in [1.807, 2.05) is 0 Å². The molecule has 4 aliphatic rings. The quantitative estimate of drug-likeness (QED) is 0.166. The van der Waals surface area contributed by atoms with E-state index in [9.17, 15) is 36.2 Å². The number of alkyl halides is 7. The highest BCUT2D eigenvalue weighted by Gasteiger charge is 2.50. The summed E-state index contributed by atoms with van der Waals surface area (Å²) in [7, 11) is 1.47. The molecule has 1 heterocycles. The number of nitrogens with zero attached hydrogens (tertiary/aromatic N) is 2. The maximum absolute atomic E-state index is 14.3. The largest absolute Gasteiger partial charge is 0.405 e. The van der Waals surface area contributed by atoms with Crippen LogP contribution in [0.15, 0.2) is 4.99 Å². The smallest absolute Gasteiger partial charge is 0.393 e. The van der Waals surface area contributed by atoms with Gasteiger partial charge in [0.1, 0.15) is 30.7 Å². The monoisotopic (exact) mass is 605 g/mol. The maximum Gasteiger partial charge on any atom is 0.405 e. The van der Waals surface area contributed by atoms with Gasteiger partial charge in [0, 0.05) is 36.9 Å². The Hall–Kier alpha value is -1.35. The maximum atomic E-state index is 14.3. The number of aliphatic hydroxyl groups excluding tert-OH is 1. The Labute approximate surface area is 234 Å². The van der Waals surface area contributed by atoms with E-state index < -0.39 is 78.7 Å². The highest BCUT2D eigenvalue weighted by Crippen LogP contribution is 2.35. The molecule has 4 N–H and O–H groups in total. The van der Waals surface area contributed by atoms with Gasteiger partial charge in [0.15, 0.2) is 5.96 Å². The number of amides is 1. The molecule has 40 heavy (non-hydrogen) atoms. The number of carbonyl (C=O) groups excluding carboxylic acids is 1. The van der Waals surface area contributed by atoms with Gasteiger partial charge in [0.25, 0.3) is 0 Å². The van der Waals surface area contributed by atoms with Crippen LogP contribution < -0.4 is 16.1 Å². The Kier molecular flexibility index (Phi) is 10.5. The van der Waals surface area contributed by atoms with E-state index >= 15 is 0 Å². The van der Waals surface area contributed by atoms with Gasteiger partial charge < -0.3 is 15.2 Å². The van der Waals surface area contributed by atoms with Crippen LogP contribution in [0.4, 0.5) is 26.3 Å². The molecule has 3 aliphatic carbocycles. The van der Waals surface area contributed by atoms with Crippen LogP contribution in [0.1, 0.15) is 64.2 Å². The summed E-state index contributed by atoms with van der Waals surface area (Å²) in [5, 5.41) is 16.7. The minimum Gasteiger partial charge on any atom is -0.393 e. The second-order valence-corrected chi connectivity index (χ2v) is 12.1. The van der Waals surface area contributed by atoms with Crippen LogP contribution in [0.3, 0.4) is 0 Å². The summed E-state index contributed by atoms with van der Waals surface area (Å²) in [6.07, 6.45) is -11.0. The third kappa shape index (κ3) is 8.14. The minimum absolute atomic E-state index is 0.0553. The first-order chi connectivity index (χ1) is 18.8. The topological polar surface area (TPSA) is 98.2 Å². The highest BCUT2D eigenvalue weighted by atomic mass is 35.5.